The van der Waals surface area contributed by atoms with Crippen LogP contribution >= 0.6 is 0 Å². The van der Waals surface area contributed by atoms with Crippen molar-refractivity contribution < 1.29 is 0 Å². The number of hydrogen-bond donors (Lipinski definition) is 0. The predicted molar refractivity (Wildman–Crippen MR) is 61.9 cm³/mol. The van der Waals surface area contributed by atoms with Gasteiger partial charge in [-0.15, -0.1) is 0 Å². The third-order valence-corrected chi connectivity index (χ3v) is 3.58. The summed E-state index contributed by atoms with van der Waals surface area (Å²) in [4.78, 5) is 0. The summed E-state index contributed by atoms with van der Waals surface area (Å²) in [6.07, 6.45) is 4.41. The van der Waals surface area contributed by atoms with Crippen LogP contribution in [0.25, 0.3) is 0 Å². The molecule has 0 aromatic rings. The van der Waals surface area contributed by atoms with E-state index in [1.165, 1.54) is 19.3 Å². The van der Waals surface area contributed by atoms with E-state index < -0.39 is 0 Å². The molecule has 1 rings (SSSR count). The Bertz CT molecular complexity index is 115. The smallest absolute Gasteiger partial charge is 0.0388 e. The molecule has 3 atom stereocenters. The van der Waals surface area contributed by atoms with E-state index in [0.717, 1.165) is 23.7 Å². The average molecular weight is 184 g/mol. The summed E-state index contributed by atoms with van der Waals surface area (Å²) in [6, 6.07) is 0. The highest BCUT2D eigenvalue weighted by Gasteiger charge is 2.25. The van der Waals surface area contributed by atoms with Gasteiger partial charge in [0, 0.05) is 0 Å². The highest BCUT2D eigenvalue weighted by Crippen LogP contribution is 2.36. The SMILES string of the molecule is CC.CC(C)C1CCC(C)C(C)C1. The van der Waals surface area contributed by atoms with Crippen LogP contribution in [0.1, 0.15) is 60.8 Å². The average Bonchev–Trinajstić information content (AvgIpc) is 2.13. The predicted octanol–water partition coefficient (Wildman–Crippen LogP) is 4.74. The monoisotopic (exact) mass is 184 g/mol. The standard InChI is InChI=1S/C11H22.C2H6/c1-8(2)11-6-5-9(3)10(4)7-11;1-2/h8-11H,5-7H2,1-4H3;1-2H3. The Hall–Kier alpha value is 0. The third kappa shape index (κ3) is 4.15. The van der Waals surface area contributed by atoms with Crippen LogP contribution in [0.5, 0.6) is 0 Å². The van der Waals surface area contributed by atoms with Gasteiger partial charge in [0.25, 0.3) is 0 Å². The van der Waals surface area contributed by atoms with Crippen LogP contribution in [0.15, 0.2) is 0 Å². The molecule has 0 aromatic carbocycles. The normalized spacial score (nSPS) is 33.9. The molecule has 0 aliphatic heterocycles. The first-order valence-electron chi connectivity index (χ1n) is 6.11. The molecule has 0 amide bonds. The van der Waals surface area contributed by atoms with Gasteiger partial charge < -0.3 is 0 Å². The molecular weight excluding hydrogens is 156 g/mol. The summed E-state index contributed by atoms with van der Waals surface area (Å²) in [5, 5.41) is 0. The molecule has 0 nitrogen and oxygen atoms in total. The van der Waals surface area contributed by atoms with Crippen molar-refractivity contribution in [1.29, 1.82) is 0 Å². The molecule has 1 aliphatic carbocycles. The van der Waals surface area contributed by atoms with Crippen molar-refractivity contribution in [1.82, 2.24) is 0 Å². The highest BCUT2D eigenvalue weighted by molar-refractivity contribution is 4.76. The molecule has 0 bridgehead atoms. The molecule has 0 radical (unpaired) electrons. The van der Waals surface area contributed by atoms with Crippen molar-refractivity contribution in [2.45, 2.75) is 60.8 Å². The van der Waals surface area contributed by atoms with Gasteiger partial charge in [-0.05, 0) is 36.5 Å². The highest BCUT2D eigenvalue weighted by atomic mass is 14.3. The molecule has 0 aromatic heterocycles. The number of rotatable bonds is 1. The topological polar surface area (TPSA) is 0 Å². The first-order valence-corrected chi connectivity index (χ1v) is 6.11. The van der Waals surface area contributed by atoms with Crippen molar-refractivity contribution in [3.8, 4) is 0 Å². The van der Waals surface area contributed by atoms with Crippen LogP contribution in [0, 0.1) is 23.7 Å². The fraction of sp³-hybridized carbons (Fsp3) is 1.00. The Morgan fingerprint density at radius 3 is 1.85 bits per heavy atom. The molecule has 0 spiro atoms. The lowest BCUT2D eigenvalue weighted by molar-refractivity contribution is 0.171. The van der Waals surface area contributed by atoms with Gasteiger partial charge in [-0.1, -0.05) is 48.0 Å². The minimum absolute atomic E-state index is 0.907. The summed E-state index contributed by atoms with van der Waals surface area (Å²) in [6.45, 7) is 13.6. The Morgan fingerprint density at radius 2 is 1.46 bits per heavy atom. The lowest BCUT2D eigenvalue weighted by Gasteiger charge is -2.34. The lowest BCUT2D eigenvalue weighted by atomic mass is 9.72. The van der Waals surface area contributed by atoms with E-state index in [4.69, 9.17) is 0 Å². The summed E-state index contributed by atoms with van der Waals surface area (Å²) in [5.74, 6) is 3.87. The summed E-state index contributed by atoms with van der Waals surface area (Å²) < 4.78 is 0. The van der Waals surface area contributed by atoms with E-state index in [9.17, 15) is 0 Å². The molecule has 80 valence electrons. The molecule has 1 aliphatic rings. The summed E-state index contributed by atoms with van der Waals surface area (Å²) >= 11 is 0. The Kier molecular flexibility index (Phi) is 6.45. The Balaban J connectivity index is 0.000000671. The first kappa shape index (κ1) is 13.0. The van der Waals surface area contributed by atoms with Gasteiger partial charge in [0.2, 0.25) is 0 Å². The quantitative estimate of drug-likeness (QED) is 0.552. The maximum absolute atomic E-state index is 2.42. The molecule has 0 heteroatoms. The molecule has 1 saturated carbocycles. The zero-order valence-electron chi connectivity index (χ0n) is 10.4. The van der Waals surface area contributed by atoms with Crippen LogP contribution in [0.3, 0.4) is 0 Å². The van der Waals surface area contributed by atoms with Gasteiger partial charge in [-0.2, -0.15) is 0 Å². The molecule has 0 N–H and O–H groups in total. The maximum Gasteiger partial charge on any atom is -0.0388 e. The Morgan fingerprint density at radius 1 is 0.923 bits per heavy atom. The molecular formula is C13H28. The summed E-state index contributed by atoms with van der Waals surface area (Å²) in [7, 11) is 0. The van der Waals surface area contributed by atoms with E-state index in [2.05, 4.69) is 27.7 Å². The molecule has 13 heavy (non-hydrogen) atoms. The van der Waals surface area contributed by atoms with Gasteiger partial charge in [0.15, 0.2) is 0 Å². The van der Waals surface area contributed by atoms with Gasteiger partial charge >= 0.3 is 0 Å². The van der Waals surface area contributed by atoms with Gasteiger partial charge in [-0.3, -0.25) is 0 Å². The van der Waals surface area contributed by atoms with Crippen molar-refractivity contribution in [3.05, 3.63) is 0 Å². The molecule has 0 saturated heterocycles. The fourth-order valence-corrected chi connectivity index (χ4v) is 2.19. The minimum atomic E-state index is 0.907. The van der Waals surface area contributed by atoms with Crippen molar-refractivity contribution >= 4 is 0 Å². The van der Waals surface area contributed by atoms with E-state index in [-0.39, 0.29) is 0 Å². The van der Waals surface area contributed by atoms with E-state index in [1.54, 1.807) is 0 Å². The third-order valence-electron chi connectivity index (χ3n) is 3.58. The van der Waals surface area contributed by atoms with E-state index in [1.807, 2.05) is 13.8 Å². The number of hydrogen-bond acceptors (Lipinski definition) is 0. The zero-order valence-corrected chi connectivity index (χ0v) is 10.4. The van der Waals surface area contributed by atoms with E-state index >= 15 is 0 Å². The van der Waals surface area contributed by atoms with Crippen LogP contribution in [0.4, 0.5) is 0 Å². The van der Waals surface area contributed by atoms with E-state index in [0.29, 0.717) is 0 Å². The summed E-state index contributed by atoms with van der Waals surface area (Å²) in [5.41, 5.74) is 0. The second kappa shape index (κ2) is 6.45. The fourth-order valence-electron chi connectivity index (χ4n) is 2.19. The van der Waals surface area contributed by atoms with Crippen LogP contribution in [-0.2, 0) is 0 Å². The second-order valence-corrected chi connectivity index (χ2v) is 4.77. The van der Waals surface area contributed by atoms with Crippen molar-refractivity contribution in [2.75, 3.05) is 0 Å². The maximum atomic E-state index is 2.42. The zero-order chi connectivity index (χ0) is 10.4. The lowest BCUT2D eigenvalue weighted by Crippen LogP contribution is -2.23. The first-order chi connectivity index (χ1) is 6.11. The van der Waals surface area contributed by atoms with Crippen LogP contribution in [0.2, 0.25) is 0 Å². The Labute approximate surface area is 85.1 Å². The molecule has 1 fully saturated rings. The van der Waals surface area contributed by atoms with Gasteiger partial charge in [0.05, 0.1) is 0 Å². The van der Waals surface area contributed by atoms with Gasteiger partial charge in [0.1, 0.15) is 0 Å². The minimum Gasteiger partial charge on any atom is -0.0683 e. The largest absolute Gasteiger partial charge is 0.0683 e. The van der Waals surface area contributed by atoms with Gasteiger partial charge in [-0.25, -0.2) is 0 Å². The van der Waals surface area contributed by atoms with Crippen LogP contribution in [-0.4, -0.2) is 0 Å². The molecule has 3 unspecified atom stereocenters. The van der Waals surface area contributed by atoms with Crippen molar-refractivity contribution in [3.63, 3.8) is 0 Å². The molecule has 0 heterocycles. The van der Waals surface area contributed by atoms with Crippen LogP contribution < -0.4 is 0 Å². The second-order valence-electron chi connectivity index (χ2n) is 4.77. The van der Waals surface area contributed by atoms with Crippen molar-refractivity contribution in [2.24, 2.45) is 23.7 Å².